The summed E-state index contributed by atoms with van der Waals surface area (Å²) >= 11 is 5.36. The standard InChI is InChI=1S/C10H19ClO2/c1-3-5-7-9(6-4-2)13-10(12)8-11/h9H,3-8H2,1-2H3. The van der Waals surface area contributed by atoms with Crippen molar-refractivity contribution in [2.75, 3.05) is 5.88 Å². The number of ether oxygens (including phenoxy) is 1. The Balaban J connectivity index is 3.71. The Bertz CT molecular complexity index is 137. The van der Waals surface area contributed by atoms with Crippen molar-refractivity contribution >= 4 is 17.6 Å². The van der Waals surface area contributed by atoms with E-state index in [1.807, 2.05) is 0 Å². The van der Waals surface area contributed by atoms with Crippen LogP contribution in [0.25, 0.3) is 0 Å². The molecule has 0 aromatic heterocycles. The highest BCUT2D eigenvalue weighted by molar-refractivity contribution is 6.26. The van der Waals surface area contributed by atoms with Gasteiger partial charge in [0.05, 0.1) is 0 Å². The first-order valence-electron chi connectivity index (χ1n) is 5.00. The molecule has 3 heteroatoms. The van der Waals surface area contributed by atoms with E-state index in [1.165, 1.54) is 0 Å². The molecule has 0 aliphatic carbocycles. The van der Waals surface area contributed by atoms with Crippen LogP contribution in [0.4, 0.5) is 0 Å². The summed E-state index contributed by atoms with van der Waals surface area (Å²) in [5.41, 5.74) is 0. The smallest absolute Gasteiger partial charge is 0.321 e. The largest absolute Gasteiger partial charge is 0.461 e. The molecule has 0 bridgehead atoms. The second-order valence-electron chi connectivity index (χ2n) is 3.18. The van der Waals surface area contributed by atoms with Crippen LogP contribution in [0.2, 0.25) is 0 Å². The van der Waals surface area contributed by atoms with E-state index < -0.39 is 0 Å². The van der Waals surface area contributed by atoms with Crippen molar-refractivity contribution < 1.29 is 9.53 Å². The zero-order valence-electron chi connectivity index (χ0n) is 8.51. The van der Waals surface area contributed by atoms with Crippen LogP contribution in [0.3, 0.4) is 0 Å². The molecule has 13 heavy (non-hydrogen) atoms. The number of unbranched alkanes of at least 4 members (excludes halogenated alkanes) is 1. The predicted octanol–water partition coefficient (Wildman–Crippen LogP) is 3.13. The molecule has 0 aliphatic rings. The van der Waals surface area contributed by atoms with E-state index in [0.29, 0.717) is 0 Å². The number of carbonyl (C=O) groups is 1. The van der Waals surface area contributed by atoms with Gasteiger partial charge in [-0.2, -0.15) is 0 Å². The summed E-state index contributed by atoms with van der Waals surface area (Å²) in [6.45, 7) is 4.22. The van der Waals surface area contributed by atoms with Gasteiger partial charge in [-0.15, -0.1) is 11.6 Å². The summed E-state index contributed by atoms with van der Waals surface area (Å²) in [6.07, 6.45) is 5.29. The third kappa shape index (κ3) is 6.88. The van der Waals surface area contributed by atoms with Crippen LogP contribution in [0.15, 0.2) is 0 Å². The number of hydrogen-bond acceptors (Lipinski definition) is 2. The number of rotatable bonds is 7. The van der Waals surface area contributed by atoms with Gasteiger partial charge in [-0.3, -0.25) is 4.79 Å². The van der Waals surface area contributed by atoms with Gasteiger partial charge in [0.25, 0.3) is 0 Å². The Labute approximate surface area is 85.6 Å². The van der Waals surface area contributed by atoms with E-state index in [1.54, 1.807) is 0 Å². The Kier molecular flexibility index (Phi) is 8.21. The summed E-state index contributed by atoms with van der Waals surface area (Å²) < 4.78 is 5.17. The summed E-state index contributed by atoms with van der Waals surface area (Å²) in [4.78, 5) is 10.9. The molecule has 0 spiro atoms. The lowest BCUT2D eigenvalue weighted by atomic mass is 10.1. The average molecular weight is 207 g/mol. The van der Waals surface area contributed by atoms with Crippen molar-refractivity contribution in [2.45, 2.75) is 52.1 Å². The maximum atomic E-state index is 10.9. The maximum Gasteiger partial charge on any atom is 0.321 e. The molecule has 0 saturated heterocycles. The second-order valence-corrected chi connectivity index (χ2v) is 3.44. The molecule has 0 amide bonds. The number of halogens is 1. The normalized spacial score (nSPS) is 12.5. The molecule has 0 radical (unpaired) electrons. The zero-order valence-corrected chi connectivity index (χ0v) is 9.27. The number of esters is 1. The van der Waals surface area contributed by atoms with Gasteiger partial charge in [0.15, 0.2) is 0 Å². The first-order chi connectivity index (χ1) is 6.24. The van der Waals surface area contributed by atoms with Crippen LogP contribution in [0.1, 0.15) is 46.0 Å². The highest BCUT2D eigenvalue weighted by Crippen LogP contribution is 2.11. The maximum absolute atomic E-state index is 10.9. The first-order valence-corrected chi connectivity index (χ1v) is 5.53. The van der Waals surface area contributed by atoms with Gasteiger partial charge >= 0.3 is 5.97 Å². The lowest BCUT2D eigenvalue weighted by Crippen LogP contribution is -2.18. The molecular formula is C10H19ClO2. The SMILES string of the molecule is CCCCC(CCC)OC(=O)CCl. The molecule has 78 valence electrons. The molecular weight excluding hydrogens is 188 g/mol. The lowest BCUT2D eigenvalue weighted by molar-refractivity contribution is -0.146. The molecule has 1 unspecified atom stereocenters. The lowest BCUT2D eigenvalue weighted by Gasteiger charge is -2.15. The van der Waals surface area contributed by atoms with Crippen LogP contribution in [-0.2, 0) is 9.53 Å². The van der Waals surface area contributed by atoms with Crippen LogP contribution < -0.4 is 0 Å². The van der Waals surface area contributed by atoms with Gasteiger partial charge in [-0.05, 0) is 12.8 Å². The number of hydrogen-bond donors (Lipinski definition) is 0. The molecule has 0 heterocycles. The second kappa shape index (κ2) is 8.36. The third-order valence-corrected chi connectivity index (χ3v) is 2.12. The Morgan fingerprint density at radius 3 is 2.46 bits per heavy atom. The molecule has 0 fully saturated rings. The minimum atomic E-state index is -0.295. The van der Waals surface area contributed by atoms with Crippen LogP contribution >= 0.6 is 11.6 Å². The van der Waals surface area contributed by atoms with Gasteiger partial charge < -0.3 is 4.74 Å². The minimum absolute atomic E-state index is 0.0354. The predicted molar refractivity (Wildman–Crippen MR) is 55.0 cm³/mol. The molecule has 0 saturated carbocycles. The summed E-state index contributed by atoms with van der Waals surface area (Å²) in [5.74, 6) is -0.331. The molecule has 0 aliphatic heterocycles. The van der Waals surface area contributed by atoms with Gasteiger partial charge in [0.1, 0.15) is 12.0 Å². The zero-order chi connectivity index (χ0) is 10.1. The molecule has 0 N–H and O–H groups in total. The fourth-order valence-corrected chi connectivity index (χ4v) is 1.30. The van der Waals surface area contributed by atoms with E-state index in [4.69, 9.17) is 16.3 Å². The van der Waals surface area contributed by atoms with Gasteiger partial charge in [-0.1, -0.05) is 33.1 Å². The van der Waals surface area contributed by atoms with Crippen molar-refractivity contribution in [1.29, 1.82) is 0 Å². The summed E-state index contributed by atoms with van der Waals surface area (Å²) in [6, 6.07) is 0. The van der Waals surface area contributed by atoms with E-state index in [-0.39, 0.29) is 18.0 Å². The average Bonchev–Trinajstić information content (AvgIpc) is 2.14. The van der Waals surface area contributed by atoms with E-state index >= 15 is 0 Å². The van der Waals surface area contributed by atoms with Crippen molar-refractivity contribution in [3.05, 3.63) is 0 Å². The first kappa shape index (κ1) is 12.8. The quantitative estimate of drug-likeness (QED) is 0.473. The van der Waals surface area contributed by atoms with E-state index in [9.17, 15) is 4.79 Å². The molecule has 2 nitrogen and oxygen atoms in total. The minimum Gasteiger partial charge on any atom is -0.461 e. The Morgan fingerprint density at radius 1 is 1.31 bits per heavy atom. The number of carbonyl (C=O) groups excluding carboxylic acids is 1. The Morgan fingerprint density at radius 2 is 2.00 bits per heavy atom. The number of alkyl halides is 1. The van der Waals surface area contributed by atoms with Crippen LogP contribution in [0, 0.1) is 0 Å². The molecule has 0 rings (SSSR count). The monoisotopic (exact) mass is 206 g/mol. The van der Waals surface area contributed by atoms with Gasteiger partial charge in [0, 0.05) is 0 Å². The van der Waals surface area contributed by atoms with Crippen molar-refractivity contribution in [3.8, 4) is 0 Å². The van der Waals surface area contributed by atoms with Crippen molar-refractivity contribution in [3.63, 3.8) is 0 Å². The van der Waals surface area contributed by atoms with Crippen LogP contribution in [-0.4, -0.2) is 18.0 Å². The highest BCUT2D eigenvalue weighted by atomic mass is 35.5. The summed E-state index contributed by atoms with van der Waals surface area (Å²) in [7, 11) is 0. The van der Waals surface area contributed by atoms with E-state index in [2.05, 4.69) is 13.8 Å². The highest BCUT2D eigenvalue weighted by Gasteiger charge is 2.11. The Hall–Kier alpha value is -0.240. The fourth-order valence-electron chi connectivity index (χ4n) is 1.23. The van der Waals surface area contributed by atoms with Crippen LogP contribution in [0.5, 0.6) is 0 Å². The molecule has 0 aromatic rings. The topological polar surface area (TPSA) is 26.3 Å². The fraction of sp³-hybridized carbons (Fsp3) is 0.900. The molecule has 1 atom stereocenters. The molecule has 0 aromatic carbocycles. The third-order valence-electron chi connectivity index (χ3n) is 1.90. The van der Waals surface area contributed by atoms with Gasteiger partial charge in [0.2, 0.25) is 0 Å². The van der Waals surface area contributed by atoms with Crippen molar-refractivity contribution in [1.82, 2.24) is 0 Å². The van der Waals surface area contributed by atoms with E-state index in [0.717, 1.165) is 32.1 Å². The summed E-state index contributed by atoms with van der Waals surface area (Å²) in [5, 5.41) is 0. The van der Waals surface area contributed by atoms with Crippen molar-refractivity contribution in [2.24, 2.45) is 0 Å². The van der Waals surface area contributed by atoms with Gasteiger partial charge in [-0.25, -0.2) is 0 Å².